The first kappa shape index (κ1) is 9.98. The van der Waals surface area contributed by atoms with Crippen molar-refractivity contribution in [3.63, 3.8) is 0 Å². The second-order valence-electron chi connectivity index (χ2n) is 3.92. The molecular formula is C9H14O4S. The van der Waals surface area contributed by atoms with Crippen LogP contribution in [0.4, 0.5) is 0 Å². The van der Waals surface area contributed by atoms with Crippen LogP contribution in [0, 0.1) is 5.92 Å². The average Bonchev–Trinajstić information content (AvgIpc) is 2.72. The minimum Gasteiger partial charge on any atom is -0.501 e. The van der Waals surface area contributed by atoms with Gasteiger partial charge in [0.1, 0.15) is 0 Å². The summed E-state index contributed by atoms with van der Waals surface area (Å²) in [5, 5.41) is 9.87. The average molecular weight is 218 g/mol. The summed E-state index contributed by atoms with van der Waals surface area (Å²) in [5.74, 6) is 0.196. The van der Waals surface area contributed by atoms with E-state index in [0.29, 0.717) is 13.0 Å². The van der Waals surface area contributed by atoms with E-state index in [-0.39, 0.29) is 17.4 Å². The van der Waals surface area contributed by atoms with Gasteiger partial charge in [-0.3, -0.25) is 0 Å². The first-order chi connectivity index (χ1) is 6.58. The number of aliphatic hydroxyl groups is 1. The number of ether oxygens (including phenoxy) is 1. The summed E-state index contributed by atoms with van der Waals surface area (Å²) in [6, 6.07) is 0. The monoisotopic (exact) mass is 218 g/mol. The van der Waals surface area contributed by atoms with E-state index in [4.69, 9.17) is 4.74 Å². The molecule has 0 amide bonds. The van der Waals surface area contributed by atoms with E-state index in [1.165, 1.54) is 0 Å². The summed E-state index contributed by atoms with van der Waals surface area (Å²) in [6.45, 7) is 0.603. The Balaban J connectivity index is 2.03. The second-order valence-corrected chi connectivity index (χ2v) is 6.15. The fourth-order valence-electron chi connectivity index (χ4n) is 1.99. The summed E-state index contributed by atoms with van der Waals surface area (Å²) >= 11 is 0. The molecule has 2 aliphatic heterocycles. The van der Waals surface area contributed by atoms with Gasteiger partial charge in [-0.05, 0) is 12.0 Å². The predicted octanol–water partition coefficient (Wildman–Crippen LogP) is 0.0862. The van der Waals surface area contributed by atoms with Crippen LogP contribution in [0.2, 0.25) is 0 Å². The Morgan fingerprint density at radius 2 is 2.36 bits per heavy atom. The molecule has 1 N–H and O–H groups in total. The standard InChI is InChI=1S/C9H14O4S/c10-9(7-1-3-13-5-7)8-2-4-14(11,12)6-8/h5,8-10H,1-4,6H2. The predicted molar refractivity (Wildman–Crippen MR) is 51.4 cm³/mol. The molecule has 0 radical (unpaired) electrons. The van der Waals surface area contributed by atoms with E-state index < -0.39 is 15.9 Å². The van der Waals surface area contributed by atoms with Gasteiger partial charge in [0, 0.05) is 12.3 Å². The molecule has 2 unspecified atom stereocenters. The van der Waals surface area contributed by atoms with E-state index in [2.05, 4.69) is 0 Å². The van der Waals surface area contributed by atoms with Crippen molar-refractivity contribution in [2.75, 3.05) is 18.1 Å². The number of hydrogen-bond donors (Lipinski definition) is 1. The van der Waals surface area contributed by atoms with Crippen molar-refractivity contribution in [1.29, 1.82) is 0 Å². The molecule has 5 heteroatoms. The summed E-state index contributed by atoms with van der Waals surface area (Å²) < 4.78 is 27.4. The van der Waals surface area contributed by atoms with Gasteiger partial charge in [-0.15, -0.1) is 0 Å². The quantitative estimate of drug-likeness (QED) is 0.713. The maximum atomic E-state index is 11.2. The van der Waals surface area contributed by atoms with Crippen LogP contribution in [0.15, 0.2) is 11.8 Å². The zero-order valence-corrected chi connectivity index (χ0v) is 8.66. The molecular weight excluding hydrogens is 204 g/mol. The third kappa shape index (κ3) is 1.93. The first-order valence-electron chi connectivity index (χ1n) is 4.77. The van der Waals surface area contributed by atoms with Gasteiger partial charge in [0.05, 0.1) is 30.5 Å². The van der Waals surface area contributed by atoms with Crippen LogP contribution in [0.3, 0.4) is 0 Å². The van der Waals surface area contributed by atoms with Crippen LogP contribution in [-0.2, 0) is 14.6 Å². The second kappa shape index (κ2) is 3.55. The van der Waals surface area contributed by atoms with Gasteiger partial charge < -0.3 is 9.84 Å². The topological polar surface area (TPSA) is 63.6 Å². The van der Waals surface area contributed by atoms with Crippen LogP contribution in [0.1, 0.15) is 12.8 Å². The Bertz CT molecular complexity index is 344. The number of rotatable bonds is 2. The molecule has 0 aliphatic carbocycles. The molecule has 0 aromatic rings. The Morgan fingerprint density at radius 3 is 2.86 bits per heavy atom. The molecule has 1 saturated heterocycles. The zero-order valence-electron chi connectivity index (χ0n) is 7.85. The van der Waals surface area contributed by atoms with Gasteiger partial charge in [0.15, 0.2) is 9.84 Å². The highest BCUT2D eigenvalue weighted by Gasteiger charge is 2.35. The lowest BCUT2D eigenvalue weighted by molar-refractivity contribution is 0.152. The highest BCUT2D eigenvalue weighted by molar-refractivity contribution is 7.91. The van der Waals surface area contributed by atoms with Crippen LogP contribution in [0.5, 0.6) is 0 Å². The molecule has 2 aliphatic rings. The number of hydrogen-bond acceptors (Lipinski definition) is 4. The van der Waals surface area contributed by atoms with Crippen LogP contribution < -0.4 is 0 Å². The van der Waals surface area contributed by atoms with E-state index in [1.54, 1.807) is 6.26 Å². The molecule has 2 rings (SSSR count). The summed E-state index contributed by atoms with van der Waals surface area (Å²) in [4.78, 5) is 0. The lowest BCUT2D eigenvalue weighted by Crippen LogP contribution is -2.23. The molecule has 4 nitrogen and oxygen atoms in total. The van der Waals surface area contributed by atoms with Gasteiger partial charge in [-0.1, -0.05) is 0 Å². The van der Waals surface area contributed by atoms with Crippen molar-refractivity contribution in [3.05, 3.63) is 11.8 Å². The maximum Gasteiger partial charge on any atom is 0.150 e. The Morgan fingerprint density at radius 1 is 1.57 bits per heavy atom. The SMILES string of the molecule is O=S1(=O)CCC(C(O)C2=COCC2)C1. The third-order valence-electron chi connectivity index (χ3n) is 2.84. The van der Waals surface area contributed by atoms with Gasteiger partial charge in [-0.2, -0.15) is 0 Å². The molecule has 0 aromatic heterocycles. The lowest BCUT2D eigenvalue weighted by atomic mass is 9.95. The summed E-state index contributed by atoms with van der Waals surface area (Å²) in [6.07, 6.45) is 2.23. The van der Waals surface area contributed by atoms with Gasteiger partial charge >= 0.3 is 0 Å². The van der Waals surface area contributed by atoms with Gasteiger partial charge in [0.25, 0.3) is 0 Å². The van der Waals surface area contributed by atoms with Crippen molar-refractivity contribution in [1.82, 2.24) is 0 Å². The summed E-state index contributed by atoms with van der Waals surface area (Å²) in [7, 11) is -2.90. The van der Waals surface area contributed by atoms with Gasteiger partial charge in [-0.25, -0.2) is 8.42 Å². The Hall–Kier alpha value is -0.550. The van der Waals surface area contributed by atoms with Crippen molar-refractivity contribution < 1.29 is 18.3 Å². The molecule has 14 heavy (non-hydrogen) atoms. The Kier molecular flexibility index (Phi) is 2.53. The molecule has 80 valence electrons. The van der Waals surface area contributed by atoms with Crippen molar-refractivity contribution in [3.8, 4) is 0 Å². The largest absolute Gasteiger partial charge is 0.501 e. The third-order valence-corrected chi connectivity index (χ3v) is 4.63. The van der Waals surface area contributed by atoms with Crippen molar-refractivity contribution in [2.45, 2.75) is 18.9 Å². The molecule has 0 saturated carbocycles. The van der Waals surface area contributed by atoms with Crippen LogP contribution in [-0.4, -0.2) is 37.7 Å². The minimum absolute atomic E-state index is 0.117. The normalized spacial score (nSPS) is 32.4. The van der Waals surface area contributed by atoms with Crippen molar-refractivity contribution >= 4 is 9.84 Å². The van der Waals surface area contributed by atoms with Gasteiger partial charge in [0.2, 0.25) is 0 Å². The molecule has 1 fully saturated rings. The lowest BCUT2D eigenvalue weighted by Gasteiger charge is -2.16. The van der Waals surface area contributed by atoms with E-state index in [0.717, 1.165) is 12.0 Å². The molecule has 2 atom stereocenters. The minimum atomic E-state index is -2.90. The van der Waals surface area contributed by atoms with E-state index >= 15 is 0 Å². The highest BCUT2D eigenvalue weighted by Crippen LogP contribution is 2.28. The van der Waals surface area contributed by atoms with Crippen LogP contribution in [0.25, 0.3) is 0 Å². The molecule has 0 spiro atoms. The number of aliphatic hydroxyl groups excluding tert-OH is 1. The maximum absolute atomic E-state index is 11.2. The van der Waals surface area contributed by atoms with E-state index in [1.807, 2.05) is 0 Å². The highest BCUT2D eigenvalue weighted by atomic mass is 32.2. The smallest absolute Gasteiger partial charge is 0.150 e. The van der Waals surface area contributed by atoms with Crippen molar-refractivity contribution in [2.24, 2.45) is 5.92 Å². The Labute approximate surface area is 83.5 Å². The fraction of sp³-hybridized carbons (Fsp3) is 0.778. The molecule has 2 heterocycles. The molecule has 0 bridgehead atoms. The number of sulfone groups is 1. The van der Waals surface area contributed by atoms with E-state index in [9.17, 15) is 13.5 Å². The van der Waals surface area contributed by atoms with Crippen LogP contribution >= 0.6 is 0 Å². The summed E-state index contributed by atoms with van der Waals surface area (Å²) in [5.41, 5.74) is 0.840. The zero-order chi connectivity index (χ0) is 10.2. The molecule has 0 aromatic carbocycles. The fourth-order valence-corrected chi connectivity index (χ4v) is 3.82. The first-order valence-corrected chi connectivity index (χ1v) is 6.60.